The van der Waals surface area contributed by atoms with Gasteiger partial charge in [-0.05, 0) is 49.0 Å². The van der Waals surface area contributed by atoms with E-state index in [1.54, 1.807) is 11.3 Å². The van der Waals surface area contributed by atoms with Crippen molar-refractivity contribution in [2.24, 2.45) is 5.92 Å². The van der Waals surface area contributed by atoms with E-state index < -0.39 is 5.97 Å². The number of likely N-dealkylation sites (tertiary alicyclic amines) is 1. The first-order valence-corrected chi connectivity index (χ1v) is 9.19. The molecule has 0 amide bonds. The number of thiophene rings is 1. The number of hydrogen-bond acceptors (Lipinski definition) is 3. The number of carboxylic acids is 1. The molecule has 124 valence electrons. The summed E-state index contributed by atoms with van der Waals surface area (Å²) in [6, 6.07) is 14.9. The fourth-order valence-electron chi connectivity index (χ4n) is 3.62. The van der Waals surface area contributed by atoms with Gasteiger partial charge in [-0.1, -0.05) is 18.2 Å². The van der Waals surface area contributed by atoms with E-state index >= 15 is 0 Å². The molecule has 0 bridgehead atoms. The van der Waals surface area contributed by atoms with Crippen molar-refractivity contribution >= 4 is 28.2 Å². The van der Waals surface area contributed by atoms with Gasteiger partial charge in [0.2, 0.25) is 0 Å². The number of piperidine rings is 1. The standard InChI is InChI=1S/C19H20N2O2S/c22-19(23)15-6-3-9-20(12-15)13-16-11-14-5-1-2-7-17(14)21(16)18-8-4-10-24-18/h1-2,4-5,7-8,10-11,15H,3,6,9,12-13H2,(H,22,23). The number of aliphatic carboxylic acids is 1. The van der Waals surface area contributed by atoms with Crippen LogP contribution in [0.4, 0.5) is 0 Å². The number of carbonyl (C=O) groups is 1. The van der Waals surface area contributed by atoms with Crippen LogP contribution in [0, 0.1) is 5.92 Å². The Kier molecular flexibility index (Phi) is 4.12. The van der Waals surface area contributed by atoms with Crippen LogP contribution < -0.4 is 0 Å². The molecule has 1 saturated heterocycles. The predicted octanol–water partition coefficient (Wildman–Crippen LogP) is 3.99. The molecule has 0 aliphatic carbocycles. The highest BCUT2D eigenvalue weighted by atomic mass is 32.1. The van der Waals surface area contributed by atoms with Crippen molar-refractivity contribution in [2.75, 3.05) is 13.1 Å². The average Bonchev–Trinajstić information content (AvgIpc) is 3.21. The zero-order valence-electron chi connectivity index (χ0n) is 13.4. The van der Waals surface area contributed by atoms with Crippen molar-refractivity contribution in [3.05, 3.63) is 53.5 Å². The average molecular weight is 340 g/mol. The number of carboxylic acid groups (broad SMARTS) is 1. The van der Waals surface area contributed by atoms with Crippen molar-refractivity contribution < 1.29 is 9.90 Å². The molecule has 4 rings (SSSR count). The Morgan fingerprint density at radius 1 is 1.25 bits per heavy atom. The summed E-state index contributed by atoms with van der Waals surface area (Å²) in [7, 11) is 0. The predicted molar refractivity (Wildman–Crippen MR) is 96.8 cm³/mol. The van der Waals surface area contributed by atoms with E-state index in [1.165, 1.54) is 21.6 Å². The Hall–Kier alpha value is -2.11. The van der Waals surface area contributed by atoms with Crippen LogP contribution in [-0.4, -0.2) is 33.6 Å². The van der Waals surface area contributed by atoms with Crippen LogP contribution in [0.2, 0.25) is 0 Å². The largest absolute Gasteiger partial charge is 0.481 e. The molecule has 1 unspecified atom stereocenters. The molecule has 1 aromatic carbocycles. The molecular weight excluding hydrogens is 320 g/mol. The lowest BCUT2D eigenvalue weighted by molar-refractivity contribution is -0.143. The normalized spacial score (nSPS) is 18.9. The molecule has 4 nitrogen and oxygen atoms in total. The Bertz CT molecular complexity index is 854. The fourth-order valence-corrected chi connectivity index (χ4v) is 4.39. The lowest BCUT2D eigenvalue weighted by atomic mass is 9.98. The minimum Gasteiger partial charge on any atom is -0.481 e. The van der Waals surface area contributed by atoms with Gasteiger partial charge in [0.05, 0.1) is 16.4 Å². The molecule has 5 heteroatoms. The van der Waals surface area contributed by atoms with Gasteiger partial charge in [-0.15, -0.1) is 11.3 Å². The van der Waals surface area contributed by atoms with Crippen molar-refractivity contribution in [3.8, 4) is 5.00 Å². The molecule has 1 atom stereocenters. The van der Waals surface area contributed by atoms with Crippen LogP contribution in [0.1, 0.15) is 18.5 Å². The van der Waals surface area contributed by atoms with Crippen molar-refractivity contribution in [1.82, 2.24) is 9.47 Å². The van der Waals surface area contributed by atoms with E-state index in [0.29, 0.717) is 6.54 Å². The van der Waals surface area contributed by atoms with Gasteiger partial charge in [0, 0.05) is 24.2 Å². The molecule has 1 N–H and O–H groups in total. The number of aromatic nitrogens is 1. The smallest absolute Gasteiger partial charge is 0.307 e. The van der Waals surface area contributed by atoms with Gasteiger partial charge in [-0.3, -0.25) is 9.69 Å². The number of rotatable bonds is 4. The maximum atomic E-state index is 11.3. The second-order valence-electron chi connectivity index (χ2n) is 6.39. The third kappa shape index (κ3) is 2.85. The van der Waals surface area contributed by atoms with Crippen LogP contribution in [0.5, 0.6) is 0 Å². The summed E-state index contributed by atoms with van der Waals surface area (Å²) in [5.41, 5.74) is 2.44. The van der Waals surface area contributed by atoms with Crippen LogP contribution in [0.3, 0.4) is 0 Å². The van der Waals surface area contributed by atoms with Gasteiger partial charge in [0.1, 0.15) is 0 Å². The summed E-state index contributed by atoms with van der Waals surface area (Å²) >= 11 is 1.73. The van der Waals surface area contributed by atoms with Crippen molar-refractivity contribution in [1.29, 1.82) is 0 Å². The lowest BCUT2D eigenvalue weighted by Gasteiger charge is -2.30. The van der Waals surface area contributed by atoms with E-state index in [0.717, 1.165) is 25.9 Å². The topological polar surface area (TPSA) is 45.5 Å². The highest BCUT2D eigenvalue weighted by molar-refractivity contribution is 7.12. The maximum Gasteiger partial charge on any atom is 0.307 e. The Labute approximate surface area is 144 Å². The zero-order valence-corrected chi connectivity index (χ0v) is 14.2. The van der Waals surface area contributed by atoms with Crippen LogP contribution in [0.15, 0.2) is 47.8 Å². The summed E-state index contributed by atoms with van der Waals surface area (Å²) < 4.78 is 2.31. The van der Waals surface area contributed by atoms with Gasteiger partial charge in [-0.2, -0.15) is 0 Å². The molecule has 1 aliphatic rings. The number of benzene rings is 1. The molecule has 24 heavy (non-hydrogen) atoms. The highest BCUT2D eigenvalue weighted by Crippen LogP contribution is 2.29. The van der Waals surface area contributed by atoms with E-state index in [-0.39, 0.29) is 5.92 Å². The van der Waals surface area contributed by atoms with Gasteiger partial charge in [0.15, 0.2) is 0 Å². The molecular formula is C19H20N2O2S. The molecule has 0 spiro atoms. The van der Waals surface area contributed by atoms with E-state index in [2.05, 4.69) is 57.3 Å². The molecule has 1 aliphatic heterocycles. The fraction of sp³-hybridized carbons (Fsp3) is 0.316. The monoisotopic (exact) mass is 340 g/mol. The minimum atomic E-state index is -0.668. The third-order valence-electron chi connectivity index (χ3n) is 4.75. The first kappa shape index (κ1) is 15.4. The quantitative estimate of drug-likeness (QED) is 0.781. The molecule has 2 aromatic heterocycles. The Morgan fingerprint density at radius 2 is 2.12 bits per heavy atom. The van der Waals surface area contributed by atoms with E-state index in [4.69, 9.17) is 0 Å². The minimum absolute atomic E-state index is 0.238. The first-order valence-electron chi connectivity index (χ1n) is 8.31. The van der Waals surface area contributed by atoms with E-state index in [9.17, 15) is 9.90 Å². The number of nitrogens with zero attached hydrogens (tertiary/aromatic N) is 2. The van der Waals surface area contributed by atoms with Crippen molar-refractivity contribution in [3.63, 3.8) is 0 Å². The second kappa shape index (κ2) is 6.42. The lowest BCUT2D eigenvalue weighted by Crippen LogP contribution is -2.38. The first-order chi connectivity index (χ1) is 11.7. The second-order valence-corrected chi connectivity index (χ2v) is 7.32. The summed E-state index contributed by atoms with van der Waals surface area (Å²) in [4.78, 5) is 13.6. The number of hydrogen-bond donors (Lipinski definition) is 1. The molecule has 0 saturated carbocycles. The summed E-state index contributed by atoms with van der Waals surface area (Å²) in [6.07, 6.45) is 1.75. The Balaban J connectivity index is 1.69. The molecule has 1 fully saturated rings. The molecule has 3 heterocycles. The van der Waals surface area contributed by atoms with Gasteiger partial charge >= 0.3 is 5.97 Å². The number of fused-ring (bicyclic) bond motifs is 1. The van der Waals surface area contributed by atoms with Crippen molar-refractivity contribution in [2.45, 2.75) is 19.4 Å². The van der Waals surface area contributed by atoms with Gasteiger partial charge in [0.25, 0.3) is 0 Å². The zero-order chi connectivity index (χ0) is 16.5. The number of para-hydroxylation sites is 1. The van der Waals surface area contributed by atoms with Crippen LogP contribution in [0.25, 0.3) is 15.9 Å². The summed E-state index contributed by atoms with van der Waals surface area (Å²) in [6.45, 7) is 2.40. The molecule has 3 aromatic rings. The SMILES string of the molecule is O=C(O)C1CCCN(Cc2cc3ccccc3n2-c2cccs2)C1. The van der Waals surface area contributed by atoms with Gasteiger partial charge in [-0.25, -0.2) is 0 Å². The van der Waals surface area contributed by atoms with Crippen LogP contribution in [-0.2, 0) is 11.3 Å². The Morgan fingerprint density at radius 3 is 2.92 bits per heavy atom. The van der Waals surface area contributed by atoms with Gasteiger partial charge < -0.3 is 9.67 Å². The van der Waals surface area contributed by atoms with E-state index in [1.807, 2.05) is 0 Å². The third-order valence-corrected chi connectivity index (χ3v) is 5.61. The maximum absolute atomic E-state index is 11.3. The van der Waals surface area contributed by atoms with Crippen LogP contribution >= 0.6 is 11.3 Å². The molecule has 0 radical (unpaired) electrons. The summed E-state index contributed by atoms with van der Waals surface area (Å²) in [5, 5.41) is 13.8. The summed E-state index contributed by atoms with van der Waals surface area (Å²) in [5.74, 6) is -0.906. The highest BCUT2D eigenvalue weighted by Gasteiger charge is 2.26.